The van der Waals surface area contributed by atoms with Gasteiger partial charge in [0.15, 0.2) is 0 Å². The van der Waals surface area contributed by atoms with E-state index < -0.39 is 6.10 Å². The van der Waals surface area contributed by atoms with Gasteiger partial charge in [-0.05, 0) is 31.2 Å². The molecule has 0 bridgehead atoms. The molecule has 1 saturated heterocycles. The van der Waals surface area contributed by atoms with E-state index in [1.165, 1.54) is 0 Å². The lowest BCUT2D eigenvalue weighted by Crippen LogP contribution is -2.51. The number of nitrogens with zero attached hydrogens (tertiary/aromatic N) is 3. The predicted molar refractivity (Wildman–Crippen MR) is 106 cm³/mol. The van der Waals surface area contributed by atoms with Gasteiger partial charge in [0, 0.05) is 49.5 Å². The van der Waals surface area contributed by atoms with E-state index in [0.29, 0.717) is 50.1 Å². The lowest BCUT2D eigenvalue weighted by Gasteiger charge is -2.34. The number of aromatic nitrogens is 2. The van der Waals surface area contributed by atoms with Crippen molar-refractivity contribution in [1.29, 1.82) is 0 Å². The molecule has 0 aliphatic carbocycles. The average Bonchev–Trinajstić information content (AvgIpc) is 3.22. The van der Waals surface area contributed by atoms with Crippen LogP contribution in [0.15, 0.2) is 30.5 Å². The minimum Gasteiger partial charge on any atom is -0.491 e. The van der Waals surface area contributed by atoms with Crippen LogP contribution >= 0.6 is 11.6 Å². The Balaban J connectivity index is 1.46. The zero-order chi connectivity index (χ0) is 19.9. The number of carbonyl (C=O) groups is 1. The third-order valence-electron chi connectivity index (χ3n) is 4.49. The monoisotopic (exact) mass is 408 g/mol. The van der Waals surface area contributed by atoms with E-state index in [1.54, 1.807) is 24.1 Å². The topological polar surface area (TPSA) is 90.9 Å². The first-order valence-electron chi connectivity index (χ1n) is 9.30. The molecule has 2 heterocycles. The molecule has 1 aromatic carbocycles. The molecule has 9 heteroatoms. The quantitative estimate of drug-likeness (QED) is 0.730. The second-order valence-corrected chi connectivity index (χ2v) is 7.03. The molecule has 1 fully saturated rings. The molecule has 2 aromatic rings. The number of rotatable bonds is 7. The largest absolute Gasteiger partial charge is 0.491 e. The van der Waals surface area contributed by atoms with Crippen molar-refractivity contribution >= 4 is 17.7 Å². The predicted octanol–water partition coefficient (Wildman–Crippen LogP) is 2.24. The summed E-state index contributed by atoms with van der Waals surface area (Å²) in [5, 5.41) is 17.7. The number of aromatic amines is 1. The van der Waals surface area contributed by atoms with Gasteiger partial charge in [-0.3, -0.25) is 10.00 Å². The lowest BCUT2D eigenvalue weighted by atomic mass is 10.1. The summed E-state index contributed by atoms with van der Waals surface area (Å²) >= 11 is 6.17. The van der Waals surface area contributed by atoms with Gasteiger partial charge >= 0.3 is 6.09 Å². The molecule has 0 spiro atoms. The summed E-state index contributed by atoms with van der Waals surface area (Å²) in [4.78, 5) is 15.5. The first-order valence-corrected chi connectivity index (χ1v) is 9.68. The Labute approximate surface area is 169 Å². The third kappa shape index (κ3) is 5.60. The van der Waals surface area contributed by atoms with E-state index in [9.17, 15) is 9.90 Å². The second-order valence-electron chi connectivity index (χ2n) is 6.60. The fourth-order valence-corrected chi connectivity index (χ4v) is 3.31. The summed E-state index contributed by atoms with van der Waals surface area (Å²) in [5.74, 6) is 0.586. The van der Waals surface area contributed by atoms with Gasteiger partial charge in [0.1, 0.15) is 18.5 Å². The van der Waals surface area contributed by atoms with Crippen LogP contribution in [-0.4, -0.2) is 83.2 Å². The van der Waals surface area contributed by atoms with Crippen molar-refractivity contribution < 1.29 is 19.4 Å². The number of amides is 1. The third-order valence-corrected chi connectivity index (χ3v) is 4.71. The number of hydrogen-bond donors (Lipinski definition) is 2. The number of carbonyl (C=O) groups excluding carboxylic acids is 1. The Kier molecular flexibility index (Phi) is 7.13. The number of piperazine rings is 1. The van der Waals surface area contributed by atoms with Crippen LogP contribution in [0.3, 0.4) is 0 Å². The first-order chi connectivity index (χ1) is 13.5. The summed E-state index contributed by atoms with van der Waals surface area (Å²) in [6, 6.07) is 7.23. The Morgan fingerprint density at radius 1 is 1.32 bits per heavy atom. The number of nitrogens with one attached hydrogen (secondary N) is 1. The van der Waals surface area contributed by atoms with Gasteiger partial charge in [-0.2, -0.15) is 5.10 Å². The molecule has 28 heavy (non-hydrogen) atoms. The summed E-state index contributed by atoms with van der Waals surface area (Å²) in [7, 11) is 0. The molecule has 3 rings (SSSR count). The fourth-order valence-electron chi connectivity index (χ4n) is 3.09. The highest BCUT2D eigenvalue weighted by Crippen LogP contribution is 2.27. The highest BCUT2D eigenvalue weighted by Gasteiger charge is 2.23. The standard InChI is InChI=1S/C19H25ClN4O4/c1-2-27-19(26)24-7-5-23(6-8-24)12-16(25)13-28-17-10-14(9-15(20)11-17)18-3-4-21-22-18/h3-4,9-11,16,25H,2,5-8,12-13H2,1H3,(H,21,22). The Bertz CT molecular complexity index is 763. The van der Waals surface area contributed by atoms with Crippen molar-refractivity contribution in [3.8, 4) is 17.0 Å². The zero-order valence-electron chi connectivity index (χ0n) is 15.8. The molecule has 1 atom stereocenters. The summed E-state index contributed by atoms with van der Waals surface area (Å²) < 4.78 is 10.8. The number of aliphatic hydroxyl groups excluding tert-OH is 1. The van der Waals surface area contributed by atoms with Crippen molar-refractivity contribution in [2.24, 2.45) is 0 Å². The van der Waals surface area contributed by atoms with Gasteiger partial charge < -0.3 is 19.5 Å². The van der Waals surface area contributed by atoms with Gasteiger partial charge in [-0.15, -0.1) is 0 Å². The van der Waals surface area contributed by atoms with Crippen LogP contribution in [0.2, 0.25) is 5.02 Å². The van der Waals surface area contributed by atoms with E-state index in [4.69, 9.17) is 21.1 Å². The molecule has 2 N–H and O–H groups in total. The maximum atomic E-state index is 11.7. The maximum absolute atomic E-state index is 11.7. The molecule has 0 radical (unpaired) electrons. The van der Waals surface area contributed by atoms with E-state index in [1.807, 2.05) is 18.2 Å². The van der Waals surface area contributed by atoms with Crippen LogP contribution < -0.4 is 4.74 Å². The molecule has 1 unspecified atom stereocenters. The Hall–Kier alpha value is -2.29. The van der Waals surface area contributed by atoms with Gasteiger partial charge in [0.25, 0.3) is 0 Å². The van der Waals surface area contributed by atoms with Crippen LogP contribution in [-0.2, 0) is 4.74 Å². The zero-order valence-corrected chi connectivity index (χ0v) is 16.6. The van der Waals surface area contributed by atoms with Crippen molar-refractivity contribution in [2.75, 3.05) is 45.9 Å². The SMILES string of the molecule is CCOC(=O)N1CCN(CC(O)COc2cc(Cl)cc(-c3ccn[nH]3)c2)CC1. The van der Waals surface area contributed by atoms with E-state index >= 15 is 0 Å². The van der Waals surface area contributed by atoms with Gasteiger partial charge in [-0.1, -0.05) is 11.6 Å². The smallest absolute Gasteiger partial charge is 0.409 e. The number of ether oxygens (including phenoxy) is 2. The molecule has 1 aliphatic heterocycles. The molecule has 1 amide bonds. The highest BCUT2D eigenvalue weighted by molar-refractivity contribution is 6.31. The molecule has 1 aromatic heterocycles. The van der Waals surface area contributed by atoms with Crippen LogP contribution in [0.5, 0.6) is 5.75 Å². The maximum Gasteiger partial charge on any atom is 0.409 e. The van der Waals surface area contributed by atoms with Crippen LogP contribution in [0.1, 0.15) is 6.92 Å². The molecule has 0 saturated carbocycles. The summed E-state index contributed by atoms with van der Waals surface area (Å²) in [5.41, 5.74) is 1.71. The first kappa shape index (κ1) is 20.4. The number of aliphatic hydroxyl groups is 1. The van der Waals surface area contributed by atoms with Gasteiger partial charge in [-0.25, -0.2) is 4.79 Å². The number of β-amino-alcohol motifs (C(OH)–C–C–N with tert-alkyl or cyclic N) is 1. The normalized spacial score (nSPS) is 16.0. The van der Waals surface area contributed by atoms with Crippen molar-refractivity contribution in [2.45, 2.75) is 13.0 Å². The van der Waals surface area contributed by atoms with Crippen LogP contribution in [0, 0.1) is 0 Å². The van der Waals surface area contributed by atoms with Crippen LogP contribution in [0.25, 0.3) is 11.3 Å². The van der Waals surface area contributed by atoms with Gasteiger partial charge in [0.2, 0.25) is 0 Å². The minimum absolute atomic E-state index is 0.154. The Morgan fingerprint density at radius 3 is 2.79 bits per heavy atom. The number of hydrogen-bond acceptors (Lipinski definition) is 6. The summed E-state index contributed by atoms with van der Waals surface area (Å²) in [6.07, 6.45) is 0.742. The highest BCUT2D eigenvalue weighted by atomic mass is 35.5. The molecule has 1 aliphatic rings. The summed E-state index contributed by atoms with van der Waals surface area (Å²) in [6.45, 7) is 5.37. The average molecular weight is 409 g/mol. The number of benzene rings is 1. The van der Waals surface area contributed by atoms with Gasteiger partial charge in [0.05, 0.1) is 12.3 Å². The molecule has 8 nitrogen and oxygen atoms in total. The van der Waals surface area contributed by atoms with Crippen molar-refractivity contribution in [3.63, 3.8) is 0 Å². The number of H-pyrrole nitrogens is 1. The van der Waals surface area contributed by atoms with Crippen molar-refractivity contribution in [3.05, 3.63) is 35.5 Å². The van der Waals surface area contributed by atoms with Crippen molar-refractivity contribution in [1.82, 2.24) is 20.0 Å². The second kappa shape index (κ2) is 9.77. The molecule has 152 valence electrons. The minimum atomic E-state index is -0.649. The Morgan fingerprint density at radius 2 is 2.11 bits per heavy atom. The number of halogens is 1. The van der Waals surface area contributed by atoms with E-state index in [2.05, 4.69) is 15.1 Å². The lowest BCUT2D eigenvalue weighted by molar-refractivity contribution is 0.0408. The molecular formula is C19H25ClN4O4. The van der Waals surface area contributed by atoms with Crippen LogP contribution in [0.4, 0.5) is 4.79 Å². The van der Waals surface area contributed by atoms with E-state index in [0.717, 1.165) is 11.3 Å². The van der Waals surface area contributed by atoms with E-state index in [-0.39, 0.29) is 12.7 Å². The fraction of sp³-hybridized carbons (Fsp3) is 0.474. The molecular weight excluding hydrogens is 384 g/mol.